The first kappa shape index (κ1) is 22.8. The van der Waals surface area contributed by atoms with Crippen molar-refractivity contribution in [1.29, 1.82) is 0 Å². The Labute approximate surface area is 206 Å². The summed E-state index contributed by atoms with van der Waals surface area (Å²) in [4.78, 5) is 20.8. The first-order valence-corrected chi connectivity index (χ1v) is 12.8. The van der Waals surface area contributed by atoms with Crippen LogP contribution in [-0.4, -0.2) is 74.5 Å². The molecule has 1 fully saturated rings. The Balaban J connectivity index is 1.42. The zero-order valence-electron chi connectivity index (χ0n) is 18.8. The predicted molar refractivity (Wildman–Crippen MR) is 136 cm³/mol. The number of rotatable bonds is 8. The molecule has 0 bridgehead atoms. The highest BCUT2D eigenvalue weighted by atomic mass is 32.2. The Morgan fingerprint density at radius 2 is 1.88 bits per heavy atom. The van der Waals surface area contributed by atoms with Crippen LogP contribution >= 0.6 is 23.1 Å². The highest BCUT2D eigenvalue weighted by Gasteiger charge is 2.21. The fraction of sp³-hybridized carbons (Fsp3) is 0.304. The van der Waals surface area contributed by atoms with Crippen LogP contribution in [0.2, 0.25) is 0 Å². The molecule has 1 saturated heterocycles. The number of nitrogens with one attached hydrogen (secondary N) is 2. The molecule has 34 heavy (non-hydrogen) atoms. The molecule has 11 heteroatoms. The number of anilines is 3. The van der Waals surface area contributed by atoms with E-state index in [1.54, 1.807) is 11.3 Å². The van der Waals surface area contributed by atoms with E-state index in [0.29, 0.717) is 29.4 Å². The topological polar surface area (TPSA) is 106 Å². The number of thiophene rings is 1. The van der Waals surface area contributed by atoms with E-state index in [9.17, 15) is 5.11 Å². The summed E-state index contributed by atoms with van der Waals surface area (Å²) in [5.74, 6) is 1.81. The maximum Gasteiger partial charge on any atom is 0.234 e. The molecule has 0 aliphatic carbocycles. The van der Waals surface area contributed by atoms with Gasteiger partial charge in [-0.15, -0.1) is 11.3 Å². The summed E-state index contributed by atoms with van der Waals surface area (Å²) in [5, 5.41) is 22.8. The number of aliphatic hydroxyl groups excluding tert-OH is 1. The second-order valence-electron chi connectivity index (χ2n) is 7.88. The summed E-state index contributed by atoms with van der Waals surface area (Å²) in [7, 11) is 0. The number of β-amino-alcohol motifs (C(OH)–C–C–N with tert-alkyl or cyclic N) is 1. The lowest BCUT2D eigenvalue weighted by Gasteiger charge is -2.34. The number of aromatic amines is 1. The lowest BCUT2D eigenvalue weighted by Crippen LogP contribution is -2.47. The molecule has 4 aromatic rings. The largest absolute Gasteiger partial charge is 0.395 e. The molecule has 3 N–H and O–H groups in total. The van der Waals surface area contributed by atoms with Crippen molar-refractivity contribution in [1.82, 2.24) is 30.0 Å². The van der Waals surface area contributed by atoms with Crippen molar-refractivity contribution in [2.75, 3.05) is 49.5 Å². The van der Waals surface area contributed by atoms with Gasteiger partial charge in [0, 0.05) is 43.2 Å². The van der Waals surface area contributed by atoms with Crippen molar-refractivity contribution in [2.24, 2.45) is 0 Å². The highest BCUT2D eigenvalue weighted by molar-refractivity contribution is 7.99. The number of aromatic nitrogens is 5. The number of piperazine rings is 1. The van der Waals surface area contributed by atoms with Gasteiger partial charge in [-0.25, -0.2) is 0 Å². The van der Waals surface area contributed by atoms with E-state index < -0.39 is 0 Å². The average molecular weight is 495 g/mol. The second-order valence-corrected chi connectivity index (χ2v) is 9.87. The zero-order valence-corrected chi connectivity index (χ0v) is 20.4. The van der Waals surface area contributed by atoms with Crippen molar-refractivity contribution in [3.63, 3.8) is 0 Å². The molecule has 5 rings (SSSR count). The number of nitrogens with zero attached hydrogens (tertiary/aromatic N) is 6. The number of benzene rings is 1. The van der Waals surface area contributed by atoms with Gasteiger partial charge in [0.25, 0.3) is 0 Å². The summed E-state index contributed by atoms with van der Waals surface area (Å²) in [5.41, 5.74) is 2.00. The lowest BCUT2D eigenvalue weighted by atomic mass is 10.2. The van der Waals surface area contributed by atoms with Gasteiger partial charge in [0.2, 0.25) is 11.9 Å². The van der Waals surface area contributed by atoms with Crippen LogP contribution < -0.4 is 10.2 Å². The maximum absolute atomic E-state index is 9.23. The van der Waals surface area contributed by atoms with Gasteiger partial charge in [0.1, 0.15) is 0 Å². The van der Waals surface area contributed by atoms with E-state index in [-0.39, 0.29) is 6.61 Å². The van der Waals surface area contributed by atoms with Gasteiger partial charge in [0.05, 0.1) is 17.2 Å². The summed E-state index contributed by atoms with van der Waals surface area (Å²) in [6.45, 7) is 6.21. The molecule has 176 valence electrons. The molecule has 1 aliphatic rings. The van der Waals surface area contributed by atoms with Crippen LogP contribution in [-0.2, 0) is 0 Å². The summed E-state index contributed by atoms with van der Waals surface area (Å²) in [6, 6.07) is 14.2. The molecule has 1 aromatic carbocycles. The van der Waals surface area contributed by atoms with Crippen LogP contribution in [0.1, 0.15) is 5.56 Å². The van der Waals surface area contributed by atoms with E-state index in [0.717, 1.165) is 47.2 Å². The van der Waals surface area contributed by atoms with Gasteiger partial charge >= 0.3 is 0 Å². The molecule has 0 saturated carbocycles. The van der Waals surface area contributed by atoms with Gasteiger partial charge in [-0.3, -0.25) is 10.00 Å². The first-order valence-electron chi connectivity index (χ1n) is 11.1. The Morgan fingerprint density at radius 3 is 2.62 bits per heavy atom. The molecule has 0 radical (unpaired) electrons. The molecule has 9 nitrogen and oxygen atoms in total. The van der Waals surface area contributed by atoms with Crippen molar-refractivity contribution in [3.05, 3.63) is 53.4 Å². The Morgan fingerprint density at radius 1 is 1.06 bits per heavy atom. The van der Waals surface area contributed by atoms with Crippen LogP contribution in [0.4, 0.5) is 17.7 Å². The first-order chi connectivity index (χ1) is 16.7. The Bertz CT molecular complexity index is 1210. The smallest absolute Gasteiger partial charge is 0.234 e. The maximum atomic E-state index is 9.23. The van der Waals surface area contributed by atoms with Gasteiger partial charge in [-0.05, 0) is 42.3 Å². The van der Waals surface area contributed by atoms with Crippen LogP contribution in [0.3, 0.4) is 0 Å². The summed E-state index contributed by atoms with van der Waals surface area (Å²) < 4.78 is 0. The molecule has 0 atom stereocenters. The SMILES string of the molecule is Cc1c(Nc2nc(Sc3ccccc3)nc(N3CCN(CCO)CC3)n2)n[nH]c1-c1cccs1. The minimum absolute atomic E-state index is 0.175. The molecule has 1 aliphatic heterocycles. The van der Waals surface area contributed by atoms with E-state index in [1.807, 2.05) is 48.7 Å². The molecule has 0 spiro atoms. The third-order valence-electron chi connectivity index (χ3n) is 5.63. The van der Waals surface area contributed by atoms with Gasteiger partial charge in [-0.1, -0.05) is 24.3 Å². The standard InChI is InChI=1S/C23H26N8OS2/c1-16-19(18-8-5-15-33-18)28-29-20(16)24-21-25-22(31-11-9-30(10-12-31)13-14-32)27-23(26-21)34-17-6-3-2-4-7-17/h2-8,15,32H,9-14H2,1H3,(H2,24,25,26,27,28,29). The quantitative estimate of drug-likeness (QED) is 0.338. The normalized spacial score (nSPS) is 14.5. The van der Waals surface area contributed by atoms with Crippen molar-refractivity contribution in [3.8, 4) is 10.6 Å². The van der Waals surface area contributed by atoms with Crippen LogP contribution in [0.5, 0.6) is 0 Å². The van der Waals surface area contributed by atoms with Gasteiger partial charge in [0.15, 0.2) is 11.0 Å². The highest BCUT2D eigenvalue weighted by Crippen LogP contribution is 2.31. The number of hydrogen-bond donors (Lipinski definition) is 3. The number of aliphatic hydroxyl groups is 1. The van der Waals surface area contributed by atoms with E-state index in [2.05, 4.69) is 36.4 Å². The van der Waals surface area contributed by atoms with Gasteiger partial charge < -0.3 is 15.3 Å². The lowest BCUT2D eigenvalue weighted by molar-refractivity contribution is 0.188. The van der Waals surface area contributed by atoms with E-state index in [4.69, 9.17) is 9.97 Å². The molecular formula is C23H26N8OS2. The minimum atomic E-state index is 0.175. The van der Waals surface area contributed by atoms with Crippen molar-refractivity contribution >= 4 is 40.8 Å². The summed E-state index contributed by atoms with van der Waals surface area (Å²) in [6.07, 6.45) is 0. The minimum Gasteiger partial charge on any atom is -0.395 e. The summed E-state index contributed by atoms with van der Waals surface area (Å²) >= 11 is 3.18. The average Bonchev–Trinajstić information content (AvgIpc) is 3.51. The second kappa shape index (κ2) is 10.5. The number of hydrogen-bond acceptors (Lipinski definition) is 10. The molecular weight excluding hydrogens is 468 g/mol. The molecule has 3 aromatic heterocycles. The molecule has 4 heterocycles. The van der Waals surface area contributed by atoms with Crippen LogP contribution in [0.15, 0.2) is 57.9 Å². The molecule has 0 amide bonds. The fourth-order valence-corrected chi connectivity index (χ4v) is 5.32. The monoisotopic (exact) mass is 494 g/mol. The van der Waals surface area contributed by atoms with E-state index >= 15 is 0 Å². The third-order valence-corrected chi connectivity index (χ3v) is 7.39. The zero-order chi connectivity index (χ0) is 23.3. The van der Waals surface area contributed by atoms with Crippen LogP contribution in [0.25, 0.3) is 10.6 Å². The fourth-order valence-electron chi connectivity index (χ4n) is 3.78. The van der Waals surface area contributed by atoms with Gasteiger partial charge in [-0.2, -0.15) is 20.1 Å². The van der Waals surface area contributed by atoms with E-state index in [1.165, 1.54) is 11.8 Å². The van der Waals surface area contributed by atoms with Crippen molar-refractivity contribution in [2.45, 2.75) is 17.0 Å². The Kier molecular flexibility index (Phi) is 7.05. The Hall–Kier alpha value is -2.99. The third kappa shape index (κ3) is 5.22. The van der Waals surface area contributed by atoms with Crippen molar-refractivity contribution < 1.29 is 5.11 Å². The van der Waals surface area contributed by atoms with Crippen LogP contribution in [0, 0.1) is 6.92 Å². The number of H-pyrrole nitrogens is 1. The predicted octanol–water partition coefficient (Wildman–Crippen LogP) is 3.64. The molecule has 0 unspecified atom stereocenters.